The number of hydrogen-bond donors (Lipinski definition) is 1. The number of nitrogens with zero attached hydrogens (tertiary/aromatic N) is 2. The summed E-state index contributed by atoms with van der Waals surface area (Å²) in [5.41, 5.74) is 0. The highest BCUT2D eigenvalue weighted by molar-refractivity contribution is 5.78. The van der Waals surface area contributed by atoms with E-state index in [1.54, 1.807) is 4.90 Å². The van der Waals surface area contributed by atoms with Gasteiger partial charge in [-0.05, 0) is 18.8 Å². The average molecular weight is 182 g/mol. The van der Waals surface area contributed by atoms with E-state index < -0.39 is 0 Å². The van der Waals surface area contributed by atoms with Crippen LogP contribution in [0.25, 0.3) is 0 Å². The van der Waals surface area contributed by atoms with Gasteiger partial charge < -0.3 is 10.0 Å². The number of piperidine rings is 1. The van der Waals surface area contributed by atoms with Gasteiger partial charge in [0.1, 0.15) is 6.42 Å². The van der Waals surface area contributed by atoms with Gasteiger partial charge in [-0.3, -0.25) is 4.79 Å². The summed E-state index contributed by atoms with van der Waals surface area (Å²) in [6, 6.07) is 1.84. The second-order valence-corrected chi connectivity index (χ2v) is 3.37. The highest BCUT2D eigenvalue weighted by Crippen LogP contribution is 2.16. The molecule has 13 heavy (non-hydrogen) atoms. The minimum absolute atomic E-state index is 0.0435. The van der Waals surface area contributed by atoms with Crippen molar-refractivity contribution < 1.29 is 9.90 Å². The summed E-state index contributed by atoms with van der Waals surface area (Å²) in [6.07, 6.45) is 1.87. The molecule has 0 bridgehead atoms. The van der Waals surface area contributed by atoms with Crippen LogP contribution in [0, 0.1) is 17.2 Å². The lowest BCUT2D eigenvalue weighted by Crippen LogP contribution is -2.40. The minimum Gasteiger partial charge on any atom is -0.396 e. The van der Waals surface area contributed by atoms with Gasteiger partial charge in [-0.1, -0.05) is 0 Å². The van der Waals surface area contributed by atoms with E-state index in [2.05, 4.69) is 0 Å². The zero-order valence-electron chi connectivity index (χ0n) is 7.57. The Morgan fingerprint density at radius 1 is 1.69 bits per heavy atom. The molecule has 1 saturated heterocycles. The molecule has 0 saturated carbocycles. The number of likely N-dealkylation sites (tertiary alicyclic amines) is 1. The van der Waals surface area contributed by atoms with Crippen LogP contribution in [0.4, 0.5) is 0 Å². The quantitative estimate of drug-likeness (QED) is 0.660. The lowest BCUT2D eigenvalue weighted by molar-refractivity contribution is -0.132. The van der Waals surface area contributed by atoms with Gasteiger partial charge in [0.25, 0.3) is 0 Å². The molecule has 0 aromatic rings. The van der Waals surface area contributed by atoms with Gasteiger partial charge in [0.05, 0.1) is 6.07 Å². The second-order valence-electron chi connectivity index (χ2n) is 3.37. The number of rotatable bonds is 2. The third kappa shape index (κ3) is 2.71. The van der Waals surface area contributed by atoms with E-state index >= 15 is 0 Å². The number of carbonyl (C=O) groups excluding carboxylic acids is 1. The Kier molecular flexibility index (Phi) is 3.71. The Morgan fingerprint density at radius 2 is 2.46 bits per heavy atom. The highest BCUT2D eigenvalue weighted by atomic mass is 16.3. The molecular weight excluding hydrogens is 168 g/mol. The number of aliphatic hydroxyl groups excluding tert-OH is 1. The van der Waals surface area contributed by atoms with E-state index in [1.807, 2.05) is 6.07 Å². The van der Waals surface area contributed by atoms with E-state index in [0.29, 0.717) is 6.54 Å². The minimum atomic E-state index is -0.111. The van der Waals surface area contributed by atoms with Crippen LogP contribution < -0.4 is 0 Å². The monoisotopic (exact) mass is 182 g/mol. The summed E-state index contributed by atoms with van der Waals surface area (Å²) in [5.74, 6) is 0.0945. The molecule has 1 unspecified atom stereocenters. The smallest absolute Gasteiger partial charge is 0.236 e. The third-order valence-corrected chi connectivity index (χ3v) is 2.36. The molecule has 4 heteroatoms. The summed E-state index contributed by atoms with van der Waals surface area (Å²) in [4.78, 5) is 13.0. The lowest BCUT2D eigenvalue weighted by Gasteiger charge is -2.31. The summed E-state index contributed by atoms with van der Waals surface area (Å²) in [6.45, 7) is 1.48. The first kappa shape index (κ1) is 10.0. The average Bonchev–Trinajstić information content (AvgIpc) is 2.18. The number of nitriles is 1. The van der Waals surface area contributed by atoms with Crippen LogP contribution in [0.5, 0.6) is 0 Å². The zero-order valence-corrected chi connectivity index (χ0v) is 7.57. The van der Waals surface area contributed by atoms with Crippen LogP contribution in [0.3, 0.4) is 0 Å². The molecule has 1 aliphatic rings. The topological polar surface area (TPSA) is 64.3 Å². The highest BCUT2D eigenvalue weighted by Gasteiger charge is 2.22. The van der Waals surface area contributed by atoms with Gasteiger partial charge in [0.15, 0.2) is 0 Å². The van der Waals surface area contributed by atoms with Crippen molar-refractivity contribution in [3.63, 3.8) is 0 Å². The van der Waals surface area contributed by atoms with Crippen LogP contribution in [-0.2, 0) is 4.79 Å². The molecule has 4 nitrogen and oxygen atoms in total. The van der Waals surface area contributed by atoms with Crippen molar-refractivity contribution in [2.24, 2.45) is 5.92 Å². The van der Waals surface area contributed by atoms with Gasteiger partial charge in [0, 0.05) is 19.7 Å². The molecule has 1 fully saturated rings. The van der Waals surface area contributed by atoms with Crippen molar-refractivity contribution in [2.75, 3.05) is 19.7 Å². The van der Waals surface area contributed by atoms with Gasteiger partial charge in [-0.25, -0.2) is 0 Å². The SMILES string of the molecule is N#CCC(=O)N1CCCC(CO)C1. The van der Waals surface area contributed by atoms with Crippen LogP contribution >= 0.6 is 0 Å². The van der Waals surface area contributed by atoms with Crippen LogP contribution in [0.2, 0.25) is 0 Å². The normalized spacial score (nSPS) is 22.5. The van der Waals surface area contributed by atoms with Crippen molar-refractivity contribution in [2.45, 2.75) is 19.3 Å². The zero-order chi connectivity index (χ0) is 9.68. The van der Waals surface area contributed by atoms with Crippen LogP contribution in [0.1, 0.15) is 19.3 Å². The van der Waals surface area contributed by atoms with Crippen molar-refractivity contribution in [3.05, 3.63) is 0 Å². The Labute approximate surface area is 77.8 Å². The number of carbonyl (C=O) groups is 1. The van der Waals surface area contributed by atoms with E-state index in [-0.39, 0.29) is 24.9 Å². The molecule has 0 aliphatic carbocycles. The summed E-state index contributed by atoms with van der Waals surface area (Å²) in [7, 11) is 0. The Balaban J connectivity index is 2.42. The first-order valence-corrected chi connectivity index (χ1v) is 4.53. The molecule has 0 spiro atoms. The Hall–Kier alpha value is -1.08. The molecule has 0 aromatic heterocycles. The van der Waals surface area contributed by atoms with Crippen molar-refractivity contribution in [1.82, 2.24) is 4.90 Å². The van der Waals surface area contributed by atoms with Gasteiger partial charge in [-0.15, -0.1) is 0 Å². The fourth-order valence-electron chi connectivity index (χ4n) is 1.62. The lowest BCUT2D eigenvalue weighted by atomic mass is 9.99. The van der Waals surface area contributed by atoms with Crippen molar-refractivity contribution >= 4 is 5.91 Å². The van der Waals surface area contributed by atoms with E-state index in [4.69, 9.17) is 10.4 Å². The third-order valence-electron chi connectivity index (χ3n) is 2.36. The van der Waals surface area contributed by atoms with Gasteiger partial charge in [0.2, 0.25) is 5.91 Å². The molecule has 1 heterocycles. The fraction of sp³-hybridized carbons (Fsp3) is 0.778. The molecule has 0 radical (unpaired) electrons. The second kappa shape index (κ2) is 4.83. The predicted molar refractivity (Wildman–Crippen MR) is 46.6 cm³/mol. The van der Waals surface area contributed by atoms with E-state index in [1.165, 1.54) is 0 Å². The van der Waals surface area contributed by atoms with Crippen LogP contribution in [-0.4, -0.2) is 35.6 Å². The first-order valence-electron chi connectivity index (χ1n) is 4.53. The maximum Gasteiger partial charge on any atom is 0.236 e. The molecule has 1 rings (SSSR count). The number of aliphatic hydroxyl groups is 1. The molecule has 1 aliphatic heterocycles. The van der Waals surface area contributed by atoms with Gasteiger partial charge >= 0.3 is 0 Å². The summed E-state index contributed by atoms with van der Waals surface area (Å²) >= 11 is 0. The maximum atomic E-state index is 11.3. The Morgan fingerprint density at radius 3 is 3.08 bits per heavy atom. The molecule has 0 aromatic carbocycles. The van der Waals surface area contributed by atoms with E-state index in [9.17, 15) is 4.79 Å². The summed E-state index contributed by atoms with van der Waals surface area (Å²) in [5, 5.41) is 17.3. The molecule has 72 valence electrons. The summed E-state index contributed by atoms with van der Waals surface area (Å²) < 4.78 is 0. The molecule has 1 amide bonds. The largest absolute Gasteiger partial charge is 0.396 e. The number of hydrogen-bond acceptors (Lipinski definition) is 3. The molecule has 1 atom stereocenters. The molecule has 1 N–H and O–H groups in total. The van der Waals surface area contributed by atoms with Gasteiger partial charge in [-0.2, -0.15) is 5.26 Å². The van der Waals surface area contributed by atoms with Crippen molar-refractivity contribution in [3.8, 4) is 6.07 Å². The number of amides is 1. The molecular formula is C9H14N2O2. The van der Waals surface area contributed by atoms with Crippen LogP contribution in [0.15, 0.2) is 0 Å². The van der Waals surface area contributed by atoms with Crippen molar-refractivity contribution in [1.29, 1.82) is 5.26 Å². The van der Waals surface area contributed by atoms with E-state index in [0.717, 1.165) is 19.4 Å². The first-order chi connectivity index (χ1) is 6.27. The maximum absolute atomic E-state index is 11.3. The predicted octanol–water partition coefficient (Wildman–Crippen LogP) is 0.131. The fourth-order valence-corrected chi connectivity index (χ4v) is 1.62. The standard InChI is InChI=1S/C9H14N2O2/c10-4-3-9(13)11-5-1-2-8(6-11)7-12/h8,12H,1-3,5-7H2. The Bertz CT molecular complexity index is 222.